The lowest BCUT2D eigenvalue weighted by atomic mass is 10.1. The predicted molar refractivity (Wildman–Crippen MR) is 83.8 cm³/mol. The van der Waals surface area contributed by atoms with Crippen LogP contribution in [0.1, 0.15) is 46.8 Å². The normalized spacial score (nSPS) is 18.2. The highest BCUT2D eigenvalue weighted by Crippen LogP contribution is 2.27. The number of imidazole rings is 1. The first-order valence-corrected chi connectivity index (χ1v) is 7.82. The van der Waals surface area contributed by atoms with Crippen LogP contribution in [0.5, 0.6) is 0 Å². The Morgan fingerprint density at radius 2 is 2.14 bits per heavy atom. The number of carbonyl (C=O) groups excluding carboxylic acids is 1. The van der Waals surface area contributed by atoms with Crippen molar-refractivity contribution in [3.05, 3.63) is 35.2 Å². The van der Waals surface area contributed by atoms with Crippen LogP contribution in [-0.4, -0.2) is 43.2 Å². The number of nitrogens with zero attached hydrogens (tertiary/aromatic N) is 5. The van der Waals surface area contributed by atoms with Gasteiger partial charge < -0.3 is 9.47 Å². The van der Waals surface area contributed by atoms with Crippen LogP contribution >= 0.6 is 0 Å². The van der Waals surface area contributed by atoms with Crippen molar-refractivity contribution < 1.29 is 4.79 Å². The molecular weight excluding hydrogens is 278 g/mol. The third-order valence-corrected chi connectivity index (χ3v) is 4.37. The Bertz CT molecular complexity index is 699. The topological polar surface area (TPSA) is 56.0 Å². The largest absolute Gasteiger partial charge is 0.338 e. The van der Waals surface area contributed by atoms with Crippen LogP contribution < -0.4 is 0 Å². The number of carbonyl (C=O) groups is 1. The maximum atomic E-state index is 12.7. The summed E-state index contributed by atoms with van der Waals surface area (Å²) in [5, 5.41) is 4.37. The molecule has 118 valence electrons. The minimum atomic E-state index is 0.0885. The molecule has 1 saturated heterocycles. The van der Waals surface area contributed by atoms with E-state index < -0.39 is 0 Å². The van der Waals surface area contributed by atoms with E-state index in [0.29, 0.717) is 5.92 Å². The summed E-state index contributed by atoms with van der Waals surface area (Å²) in [5.41, 5.74) is 2.56. The Labute approximate surface area is 130 Å². The zero-order valence-corrected chi connectivity index (χ0v) is 13.7. The molecule has 3 rings (SSSR count). The van der Waals surface area contributed by atoms with Gasteiger partial charge in [-0.3, -0.25) is 9.48 Å². The third kappa shape index (κ3) is 2.53. The van der Waals surface area contributed by atoms with E-state index in [2.05, 4.69) is 14.6 Å². The third-order valence-electron chi connectivity index (χ3n) is 4.37. The minimum absolute atomic E-state index is 0.0885. The van der Waals surface area contributed by atoms with E-state index in [4.69, 9.17) is 0 Å². The van der Waals surface area contributed by atoms with E-state index in [1.165, 1.54) is 0 Å². The molecule has 0 aliphatic carbocycles. The second kappa shape index (κ2) is 5.59. The number of aromatic nitrogens is 4. The molecule has 1 fully saturated rings. The van der Waals surface area contributed by atoms with Crippen molar-refractivity contribution in [2.75, 3.05) is 13.1 Å². The van der Waals surface area contributed by atoms with Gasteiger partial charge in [-0.15, -0.1) is 0 Å². The van der Waals surface area contributed by atoms with Gasteiger partial charge in [0.25, 0.3) is 5.91 Å². The summed E-state index contributed by atoms with van der Waals surface area (Å²) in [5.74, 6) is 1.49. The number of hydrogen-bond acceptors (Lipinski definition) is 3. The Hall–Kier alpha value is -2.11. The van der Waals surface area contributed by atoms with E-state index in [0.717, 1.165) is 48.8 Å². The van der Waals surface area contributed by atoms with Crippen LogP contribution in [-0.2, 0) is 13.6 Å². The summed E-state index contributed by atoms with van der Waals surface area (Å²) in [4.78, 5) is 19.2. The van der Waals surface area contributed by atoms with Crippen molar-refractivity contribution in [3.63, 3.8) is 0 Å². The Morgan fingerprint density at radius 1 is 1.36 bits per heavy atom. The fourth-order valence-corrected chi connectivity index (χ4v) is 3.23. The molecule has 0 saturated carbocycles. The van der Waals surface area contributed by atoms with Gasteiger partial charge in [-0.25, -0.2) is 4.98 Å². The Morgan fingerprint density at radius 3 is 2.73 bits per heavy atom. The predicted octanol–water partition coefficient (Wildman–Crippen LogP) is 1.88. The molecule has 1 aliphatic heterocycles. The lowest BCUT2D eigenvalue weighted by Gasteiger charge is -2.16. The molecule has 1 atom stereocenters. The molecule has 6 heteroatoms. The average Bonchev–Trinajstić information content (AvgIpc) is 3.16. The number of amides is 1. The van der Waals surface area contributed by atoms with Crippen molar-refractivity contribution in [1.29, 1.82) is 0 Å². The van der Waals surface area contributed by atoms with Gasteiger partial charge in [0, 0.05) is 45.0 Å². The molecule has 1 aliphatic rings. The molecule has 6 nitrogen and oxygen atoms in total. The number of hydrogen-bond donors (Lipinski definition) is 0. The summed E-state index contributed by atoms with van der Waals surface area (Å²) < 4.78 is 3.90. The molecule has 2 aromatic rings. The molecular formula is C16H23N5O. The monoisotopic (exact) mass is 301 g/mol. The highest BCUT2D eigenvalue weighted by molar-refractivity contribution is 5.95. The van der Waals surface area contributed by atoms with Crippen molar-refractivity contribution in [2.45, 2.75) is 39.7 Å². The summed E-state index contributed by atoms with van der Waals surface area (Å²) in [7, 11) is 2.02. The van der Waals surface area contributed by atoms with E-state index in [9.17, 15) is 4.79 Å². The first kappa shape index (κ1) is 14.8. The van der Waals surface area contributed by atoms with Crippen LogP contribution in [0.3, 0.4) is 0 Å². The average molecular weight is 301 g/mol. The molecule has 0 spiro atoms. The van der Waals surface area contributed by atoms with Crippen LogP contribution in [0, 0.1) is 13.8 Å². The molecule has 22 heavy (non-hydrogen) atoms. The van der Waals surface area contributed by atoms with Crippen LogP contribution in [0.25, 0.3) is 0 Å². The zero-order valence-electron chi connectivity index (χ0n) is 13.7. The Balaban J connectivity index is 1.76. The zero-order chi connectivity index (χ0) is 15.9. The second-order valence-corrected chi connectivity index (χ2v) is 6.07. The SMILES string of the molecule is CCn1cc(C(=O)N2CCC(c3nc(C)cn3C)C2)c(C)n1. The molecule has 2 aromatic heterocycles. The lowest BCUT2D eigenvalue weighted by molar-refractivity contribution is 0.0789. The van der Waals surface area contributed by atoms with Gasteiger partial charge in [0.05, 0.1) is 17.0 Å². The standard InChI is InChI=1S/C16H23N5O/c1-5-21-10-14(12(3)18-21)16(22)20-7-6-13(9-20)15-17-11(2)8-19(15)4/h8,10,13H,5-7,9H2,1-4H3. The van der Waals surface area contributed by atoms with Crippen LogP contribution in [0.15, 0.2) is 12.4 Å². The van der Waals surface area contributed by atoms with Gasteiger partial charge in [0.2, 0.25) is 0 Å². The van der Waals surface area contributed by atoms with Gasteiger partial charge in [-0.05, 0) is 27.2 Å². The molecule has 3 heterocycles. The maximum absolute atomic E-state index is 12.7. The summed E-state index contributed by atoms with van der Waals surface area (Å²) in [6.45, 7) is 8.23. The first-order valence-electron chi connectivity index (χ1n) is 7.82. The number of likely N-dealkylation sites (tertiary alicyclic amines) is 1. The van der Waals surface area contributed by atoms with E-state index in [1.54, 1.807) is 0 Å². The van der Waals surface area contributed by atoms with Crippen molar-refractivity contribution in [2.24, 2.45) is 7.05 Å². The lowest BCUT2D eigenvalue weighted by Crippen LogP contribution is -2.29. The van der Waals surface area contributed by atoms with Gasteiger partial charge in [0.15, 0.2) is 0 Å². The molecule has 0 bridgehead atoms. The quantitative estimate of drug-likeness (QED) is 0.870. The first-order chi connectivity index (χ1) is 10.5. The van der Waals surface area contributed by atoms with Crippen LogP contribution in [0.2, 0.25) is 0 Å². The van der Waals surface area contributed by atoms with Gasteiger partial charge >= 0.3 is 0 Å². The van der Waals surface area contributed by atoms with Crippen LogP contribution in [0.4, 0.5) is 0 Å². The Kier molecular flexibility index (Phi) is 3.76. The van der Waals surface area contributed by atoms with Gasteiger partial charge in [-0.2, -0.15) is 5.10 Å². The second-order valence-electron chi connectivity index (χ2n) is 6.07. The number of rotatable bonds is 3. The van der Waals surface area contributed by atoms with Crippen molar-refractivity contribution in [1.82, 2.24) is 24.2 Å². The fraction of sp³-hybridized carbons (Fsp3) is 0.562. The summed E-state index contributed by atoms with van der Waals surface area (Å²) in [6.07, 6.45) is 4.86. The van der Waals surface area contributed by atoms with Crippen molar-refractivity contribution >= 4 is 5.91 Å². The van der Waals surface area contributed by atoms with E-state index in [-0.39, 0.29) is 5.91 Å². The maximum Gasteiger partial charge on any atom is 0.257 e. The van der Waals surface area contributed by atoms with Crippen molar-refractivity contribution in [3.8, 4) is 0 Å². The van der Waals surface area contributed by atoms with Gasteiger partial charge in [0.1, 0.15) is 5.82 Å². The molecule has 0 radical (unpaired) electrons. The highest BCUT2D eigenvalue weighted by Gasteiger charge is 2.31. The van der Waals surface area contributed by atoms with E-state index in [1.807, 2.05) is 49.8 Å². The van der Waals surface area contributed by atoms with E-state index >= 15 is 0 Å². The molecule has 1 unspecified atom stereocenters. The summed E-state index contributed by atoms with van der Waals surface area (Å²) in [6, 6.07) is 0. The van der Waals surface area contributed by atoms with Gasteiger partial charge in [-0.1, -0.05) is 0 Å². The molecule has 0 aromatic carbocycles. The number of aryl methyl sites for hydroxylation is 4. The molecule has 0 N–H and O–H groups in total. The minimum Gasteiger partial charge on any atom is -0.338 e. The fourth-order valence-electron chi connectivity index (χ4n) is 3.23. The summed E-state index contributed by atoms with van der Waals surface area (Å²) >= 11 is 0. The highest BCUT2D eigenvalue weighted by atomic mass is 16.2. The molecule has 1 amide bonds. The smallest absolute Gasteiger partial charge is 0.257 e.